The number of aromatic hydroxyl groups is 1. The van der Waals surface area contributed by atoms with E-state index in [0.717, 1.165) is 111 Å². The lowest BCUT2D eigenvalue weighted by atomic mass is 9.65. The molecule has 6 aromatic rings. The molecule has 29 heteroatoms. The van der Waals surface area contributed by atoms with Crippen molar-refractivity contribution in [1.29, 1.82) is 0 Å². The van der Waals surface area contributed by atoms with Crippen LogP contribution in [-0.2, 0) is 50.3 Å². The zero-order valence-electron chi connectivity index (χ0n) is 61.3. The highest BCUT2D eigenvalue weighted by Gasteiger charge is 2.59. The van der Waals surface area contributed by atoms with Gasteiger partial charge in [0.25, 0.3) is 11.4 Å². The molecule has 3 aliphatic carbocycles. The van der Waals surface area contributed by atoms with Gasteiger partial charge in [-0.05, 0) is 136 Å². The fourth-order valence-electron chi connectivity index (χ4n) is 15.1. The Morgan fingerprint density at radius 2 is 0.764 bits per heavy atom. The molecule has 0 bridgehead atoms. The van der Waals surface area contributed by atoms with Gasteiger partial charge >= 0.3 is 17.6 Å². The fraction of sp³-hybridized carbons (Fsp3) is 0.455. The number of hydrogen-bond acceptors (Lipinski definition) is 20. The largest absolute Gasteiger partial charge is 0.505 e. The molecule has 6 aliphatic heterocycles. The average Bonchev–Trinajstić information content (AvgIpc) is 1.57. The highest BCUT2D eigenvalue weighted by molar-refractivity contribution is 6.62. The van der Waals surface area contributed by atoms with E-state index in [0.29, 0.717) is 123 Å². The lowest BCUT2D eigenvalue weighted by Crippen LogP contribution is -2.48. The molecule has 9 aliphatic rings. The quantitative estimate of drug-likeness (QED) is 0.0357. The van der Waals surface area contributed by atoms with E-state index in [1.54, 1.807) is 56.8 Å². The second-order valence-corrected chi connectivity index (χ2v) is 28.3. The topological polar surface area (TPSA) is 310 Å². The molecule has 6 heterocycles. The van der Waals surface area contributed by atoms with Crippen molar-refractivity contribution >= 4 is 81.0 Å². The Bertz CT molecular complexity index is 4260. The SMILES string of the molecule is CC.CN1CCN(C(=O)Cl)CC1.COc1ccc(CN2C(=O)C3(CCC3)c3cc(N)cc(OC(=O)N4CCN(C)CC4)c32)cc1.COc1ccc(CN2C(=O)C3(CCC3)c3cc([N+](=O)[O-])cc(O)c32)cc1.COc1ccc(CN2C(=O)C3(CCC3)c3cc([N+](=O)[O-])cc(OC(=O)N4CCN(C)CC4)c32)cc1. The standard InChI is InChI=1S/C25H28N4O6.C25H30N4O4.C19H18N2O5.C6H11ClN2O.C2H6/c1-26-10-12-27(13-11-26)24(31)35-21-15-18(29(32)33)14-20-22(21)28(23(30)25(20)8-3-9-25)16-17-4-6-19(34-2)7-5-17;1-27-10-12-28(13-11-27)24(31)33-21-15-18(26)14-20-22(21)29(23(30)25(20)8-3-9-25)16-17-4-6-19(32-2)7-5-17;1-26-14-5-3-12(4-6-14)11-20-17-15(19(18(20)23)7-2-8-19)9-13(21(24)25)10-16(17)22;1-8-2-4-9(5-3-8)6(7)10;1-2/h4-7,14-15H,3,8-13,16H2,1-2H3;4-7,14-15H,3,8-13,16,26H2,1-2H3;3-6,9-10,22H,2,7-8,11H2,1H3;2-5H2,1H3;1-2H3. The molecule has 564 valence electrons. The molecule has 0 aromatic heterocycles. The molecule has 3 saturated heterocycles. The summed E-state index contributed by atoms with van der Waals surface area (Å²) < 4.78 is 27.3. The number of carbonyl (C=O) groups is 6. The third-order valence-electron chi connectivity index (χ3n) is 21.8. The van der Waals surface area contributed by atoms with E-state index in [1.165, 1.54) is 18.2 Å². The number of methoxy groups -OCH3 is 3. The van der Waals surface area contributed by atoms with Crippen molar-refractivity contribution in [2.45, 2.75) is 108 Å². The monoisotopic (exact) mass is 1480 g/mol. The molecule has 3 spiro atoms. The predicted molar refractivity (Wildman–Crippen MR) is 400 cm³/mol. The third-order valence-corrected chi connectivity index (χ3v) is 22.0. The number of non-ortho nitro benzene ring substituents is 2. The third kappa shape index (κ3) is 15.5. The maximum absolute atomic E-state index is 13.7. The molecule has 0 unspecified atom stereocenters. The van der Waals surface area contributed by atoms with Gasteiger partial charge in [-0.1, -0.05) is 69.5 Å². The smallest absolute Gasteiger partial charge is 0.415 e. The number of benzene rings is 6. The van der Waals surface area contributed by atoms with Gasteiger partial charge in [0.1, 0.15) is 23.0 Å². The van der Waals surface area contributed by atoms with E-state index in [4.69, 9.17) is 41.0 Å². The van der Waals surface area contributed by atoms with Gasteiger partial charge in [0.05, 0.1) is 96.3 Å². The number of nitro benzene ring substituents is 2. The van der Waals surface area contributed by atoms with E-state index in [2.05, 4.69) is 14.7 Å². The van der Waals surface area contributed by atoms with Gasteiger partial charge in [0, 0.05) is 114 Å². The summed E-state index contributed by atoms with van der Waals surface area (Å²) in [6, 6.07) is 31.2. The van der Waals surface area contributed by atoms with Crippen LogP contribution in [0.4, 0.5) is 48.5 Å². The minimum Gasteiger partial charge on any atom is -0.505 e. The van der Waals surface area contributed by atoms with Crippen LogP contribution in [0.2, 0.25) is 0 Å². The first-order valence-corrected chi connectivity index (χ1v) is 36.3. The van der Waals surface area contributed by atoms with Crippen LogP contribution in [0.1, 0.15) is 105 Å². The highest BCUT2D eigenvalue weighted by atomic mass is 35.5. The van der Waals surface area contributed by atoms with E-state index in [-0.39, 0.29) is 52.5 Å². The molecule has 3 N–H and O–H groups in total. The van der Waals surface area contributed by atoms with E-state index >= 15 is 0 Å². The molecule has 6 fully saturated rings. The van der Waals surface area contributed by atoms with Crippen molar-refractivity contribution in [3.8, 4) is 34.5 Å². The van der Waals surface area contributed by atoms with Crippen LogP contribution in [0.3, 0.4) is 0 Å². The number of hydrogen-bond donors (Lipinski definition) is 2. The minimum atomic E-state index is -0.803. The summed E-state index contributed by atoms with van der Waals surface area (Å²) in [5, 5.41) is 33.0. The van der Waals surface area contributed by atoms with Gasteiger partial charge in [-0.2, -0.15) is 0 Å². The number of nitrogens with two attached hydrogens (primary N) is 1. The highest BCUT2D eigenvalue weighted by Crippen LogP contribution is 2.60. The predicted octanol–water partition coefficient (Wildman–Crippen LogP) is 11.2. The Morgan fingerprint density at radius 1 is 0.462 bits per heavy atom. The number of nitrogens with zero attached hydrogens (tertiary/aromatic N) is 11. The Balaban J connectivity index is 0.000000148. The maximum atomic E-state index is 13.7. The molecule has 106 heavy (non-hydrogen) atoms. The number of phenols is 1. The summed E-state index contributed by atoms with van der Waals surface area (Å²) in [5.74, 6) is 2.24. The van der Waals surface area contributed by atoms with E-state index in [1.807, 2.05) is 114 Å². The number of piperazine rings is 3. The maximum Gasteiger partial charge on any atom is 0.415 e. The number of phenolic OH excluding ortho intramolecular Hbond substituents is 1. The van der Waals surface area contributed by atoms with E-state index in [9.17, 15) is 54.1 Å². The summed E-state index contributed by atoms with van der Waals surface area (Å²) >= 11 is 5.27. The van der Waals surface area contributed by atoms with Gasteiger partial charge in [-0.15, -0.1) is 0 Å². The van der Waals surface area contributed by atoms with Crippen molar-refractivity contribution in [1.82, 2.24) is 29.4 Å². The lowest BCUT2D eigenvalue weighted by molar-refractivity contribution is -0.385. The number of halogens is 1. The minimum absolute atomic E-state index is 0.0575. The van der Waals surface area contributed by atoms with Crippen LogP contribution >= 0.6 is 11.6 Å². The van der Waals surface area contributed by atoms with E-state index < -0.39 is 38.3 Å². The van der Waals surface area contributed by atoms with Crippen LogP contribution < -0.4 is 44.1 Å². The molecule has 0 radical (unpaired) electrons. The second kappa shape index (κ2) is 32.6. The van der Waals surface area contributed by atoms with Crippen LogP contribution in [-0.4, -0.2) is 201 Å². The number of fused-ring (bicyclic) bond motifs is 6. The number of rotatable bonds is 13. The number of nitro groups is 2. The zero-order chi connectivity index (χ0) is 75.9. The number of anilines is 4. The van der Waals surface area contributed by atoms with Crippen molar-refractivity contribution in [3.05, 3.63) is 163 Å². The fourth-order valence-corrected chi connectivity index (χ4v) is 15.2. The molecule has 6 aromatic carbocycles. The molecule has 28 nitrogen and oxygen atoms in total. The van der Waals surface area contributed by atoms with Gasteiger partial charge in [-0.25, -0.2) is 9.59 Å². The number of nitrogen functional groups attached to an aromatic ring is 1. The second-order valence-electron chi connectivity index (χ2n) is 28.0. The summed E-state index contributed by atoms with van der Waals surface area (Å²) in [6.45, 7) is 13.6. The van der Waals surface area contributed by atoms with Crippen molar-refractivity contribution in [2.24, 2.45) is 0 Å². The van der Waals surface area contributed by atoms with Gasteiger partial charge < -0.3 is 78.6 Å². The summed E-state index contributed by atoms with van der Waals surface area (Å²) in [5.41, 5.74) is 10.6. The molecular formula is C77H93ClN12O16. The van der Waals surface area contributed by atoms with Crippen molar-refractivity contribution in [3.63, 3.8) is 0 Å². The first kappa shape index (κ1) is 76.8. The Hall–Kier alpha value is -10.3. The number of amides is 6. The van der Waals surface area contributed by atoms with Gasteiger partial charge in [0.15, 0.2) is 11.5 Å². The molecule has 6 amide bonds. The average molecular weight is 1480 g/mol. The normalized spacial score (nSPS) is 18.5. The van der Waals surface area contributed by atoms with Crippen LogP contribution in [0.25, 0.3) is 0 Å². The van der Waals surface area contributed by atoms with Crippen LogP contribution in [0.5, 0.6) is 34.5 Å². The van der Waals surface area contributed by atoms with Crippen molar-refractivity contribution in [2.75, 3.05) is 141 Å². The number of ether oxygens (including phenoxy) is 5. The summed E-state index contributed by atoms with van der Waals surface area (Å²) in [4.78, 5) is 115. The number of likely N-dealkylation sites (N-methyl/N-ethyl adjacent to an activating group) is 3. The van der Waals surface area contributed by atoms with Crippen LogP contribution in [0, 0.1) is 20.2 Å². The number of carbonyl (C=O) groups excluding carboxylic acids is 6. The molecule has 0 atom stereocenters. The first-order valence-electron chi connectivity index (χ1n) is 36.0. The summed E-state index contributed by atoms with van der Waals surface area (Å²) in [7, 11) is 10.9. The van der Waals surface area contributed by atoms with Gasteiger partial charge in [-0.3, -0.25) is 39.4 Å². The zero-order valence-corrected chi connectivity index (χ0v) is 62.1. The van der Waals surface area contributed by atoms with Crippen LogP contribution in [0.15, 0.2) is 109 Å². The van der Waals surface area contributed by atoms with Gasteiger partial charge in [0.2, 0.25) is 17.7 Å². The lowest BCUT2D eigenvalue weighted by Gasteiger charge is -2.37. The Labute approximate surface area is 621 Å². The summed E-state index contributed by atoms with van der Waals surface area (Å²) in [6.07, 6.45) is 5.89. The first-order chi connectivity index (χ1) is 50.9. The molecule has 15 rings (SSSR count). The Morgan fingerprint density at radius 3 is 1.08 bits per heavy atom. The molecular weight excluding hydrogens is 1380 g/mol. The molecule has 3 saturated carbocycles. The van der Waals surface area contributed by atoms with Crippen molar-refractivity contribution < 1.29 is 67.4 Å². The Kier molecular flexibility index (Phi) is 23.6.